The summed E-state index contributed by atoms with van der Waals surface area (Å²) < 4.78 is 10.9. The number of furan rings is 1. The van der Waals surface area contributed by atoms with Gasteiger partial charge in [0.25, 0.3) is 5.91 Å². The van der Waals surface area contributed by atoms with Crippen molar-refractivity contribution in [1.29, 1.82) is 0 Å². The molecule has 2 rings (SSSR count). The third kappa shape index (κ3) is 2.47. The number of carbonyl (C=O) groups is 1. The Morgan fingerprint density at radius 3 is 3.00 bits per heavy atom. The van der Waals surface area contributed by atoms with Crippen molar-refractivity contribution in [2.45, 2.75) is 25.3 Å². The molecule has 88 valence electrons. The van der Waals surface area contributed by atoms with Crippen LogP contribution in [0.4, 0.5) is 0 Å². The van der Waals surface area contributed by atoms with Gasteiger partial charge in [-0.1, -0.05) is 0 Å². The highest BCUT2D eigenvalue weighted by atomic mass is 79.9. The Hall–Kier alpha value is -0.810. The van der Waals surface area contributed by atoms with E-state index in [0.717, 1.165) is 19.4 Å². The maximum atomic E-state index is 11.9. The molecule has 0 bridgehead atoms. The molecule has 1 unspecified atom stereocenters. The molecule has 5 heteroatoms. The van der Waals surface area contributed by atoms with Crippen molar-refractivity contribution in [2.24, 2.45) is 0 Å². The van der Waals surface area contributed by atoms with Crippen molar-refractivity contribution >= 4 is 21.8 Å². The first-order valence-electron chi connectivity index (χ1n) is 5.24. The summed E-state index contributed by atoms with van der Waals surface area (Å²) in [4.78, 5) is 11.9. The van der Waals surface area contributed by atoms with Gasteiger partial charge in [0, 0.05) is 6.61 Å². The minimum Gasteiger partial charge on any atom is -0.457 e. The van der Waals surface area contributed by atoms with Crippen LogP contribution in [0.3, 0.4) is 0 Å². The van der Waals surface area contributed by atoms with Crippen LogP contribution in [0, 0.1) is 0 Å². The van der Waals surface area contributed by atoms with Crippen LogP contribution in [0.2, 0.25) is 0 Å². The molecule has 1 fully saturated rings. The molecule has 1 atom stereocenters. The Morgan fingerprint density at radius 1 is 1.62 bits per heavy atom. The van der Waals surface area contributed by atoms with Gasteiger partial charge < -0.3 is 14.5 Å². The zero-order valence-corrected chi connectivity index (χ0v) is 10.7. The van der Waals surface area contributed by atoms with E-state index in [2.05, 4.69) is 21.2 Å². The van der Waals surface area contributed by atoms with E-state index in [9.17, 15) is 4.79 Å². The van der Waals surface area contributed by atoms with Gasteiger partial charge in [0.15, 0.2) is 4.67 Å². The number of carbonyl (C=O) groups excluding carboxylic acids is 1. The lowest BCUT2D eigenvalue weighted by molar-refractivity contribution is 0.0272. The smallest absolute Gasteiger partial charge is 0.256 e. The third-order valence-corrected chi connectivity index (χ3v) is 3.33. The molecule has 1 amide bonds. The minimum absolute atomic E-state index is 0.131. The predicted octanol–water partition coefficient (Wildman–Crippen LogP) is 2.34. The van der Waals surface area contributed by atoms with E-state index in [0.29, 0.717) is 16.8 Å². The fraction of sp³-hybridized carbons (Fsp3) is 0.545. The molecule has 0 aliphatic carbocycles. The number of hydrogen-bond donors (Lipinski definition) is 1. The Morgan fingerprint density at radius 2 is 2.44 bits per heavy atom. The van der Waals surface area contributed by atoms with E-state index < -0.39 is 0 Å². The first kappa shape index (κ1) is 11.7. The average Bonchev–Trinajstić information content (AvgIpc) is 2.65. The molecular weight excluding hydrogens is 274 g/mol. The van der Waals surface area contributed by atoms with Crippen molar-refractivity contribution in [3.8, 4) is 0 Å². The van der Waals surface area contributed by atoms with E-state index in [-0.39, 0.29) is 11.4 Å². The number of amides is 1. The molecule has 1 aliphatic heterocycles. The molecule has 16 heavy (non-hydrogen) atoms. The van der Waals surface area contributed by atoms with E-state index in [1.54, 1.807) is 6.07 Å². The maximum absolute atomic E-state index is 11.9. The van der Waals surface area contributed by atoms with Crippen molar-refractivity contribution in [2.75, 3.05) is 13.2 Å². The van der Waals surface area contributed by atoms with E-state index >= 15 is 0 Å². The third-order valence-electron chi connectivity index (χ3n) is 2.72. The fourth-order valence-corrected chi connectivity index (χ4v) is 2.25. The Balaban J connectivity index is 2.04. The van der Waals surface area contributed by atoms with E-state index in [4.69, 9.17) is 9.15 Å². The van der Waals surface area contributed by atoms with Crippen molar-refractivity contribution in [3.05, 3.63) is 22.6 Å². The van der Waals surface area contributed by atoms with Gasteiger partial charge in [-0.15, -0.1) is 0 Å². The largest absolute Gasteiger partial charge is 0.457 e. The summed E-state index contributed by atoms with van der Waals surface area (Å²) in [6.45, 7) is 3.34. The lowest BCUT2D eigenvalue weighted by Crippen LogP contribution is -2.51. The van der Waals surface area contributed by atoms with Gasteiger partial charge >= 0.3 is 0 Å². The van der Waals surface area contributed by atoms with Crippen LogP contribution < -0.4 is 5.32 Å². The number of ether oxygens (including phenoxy) is 1. The van der Waals surface area contributed by atoms with Gasteiger partial charge in [-0.05, 0) is 41.8 Å². The zero-order chi connectivity index (χ0) is 11.6. The zero-order valence-electron chi connectivity index (χ0n) is 9.09. The molecule has 0 spiro atoms. The van der Waals surface area contributed by atoms with Crippen LogP contribution in [0.25, 0.3) is 0 Å². The molecule has 4 nitrogen and oxygen atoms in total. The van der Waals surface area contributed by atoms with E-state index in [1.165, 1.54) is 6.26 Å². The Bertz CT molecular complexity index is 382. The van der Waals surface area contributed by atoms with Crippen LogP contribution in [-0.4, -0.2) is 24.7 Å². The fourth-order valence-electron chi connectivity index (χ4n) is 1.83. The quantitative estimate of drug-likeness (QED) is 0.908. The van der Waals surface area contributed by atoms with Crippen molar-refractivity contribution in [3.63, 3.8) is 0 Å². The lowest BCUT2D eigenvalue weighted by Gasteiger charge is -2.34. The summed E-state index contributed by atoms with van der Waals surface area (Å²) >= 11 is 3.19. The summed E-state index contributed by atoms with van der Waals surface area (Å²) in [6.07, 6.45) is 3.40. The molecular formula is C11H14BrNO3. The molecule has 1 aromatic heterocycles. The van der Waals surface area contributed by atoms with Gasteiger partial charge in [-0.2, -0.15) is 0 Å². The molecule has 1 aliphatic rings. The first-order chi connectivity index (χ1) is 7.61. The second kappa shape index (κ2) is 4.59. The van der Waals surface area contributed by atoms with Gasteiger partial charge in [-0.3, -0.25) is 4.79 Å². The molecule has 0 aromatic carbocycles. The highest BCUT2D eigenvalue weighted by Crippen LogP contribution is 2.22. The van der Waals surface area contributed by atoms with Crippen LogP contribution in [-0.2, 0) is 4.74 Å². The summed E-state index contributed by atoms with van der Waals surface area (Å²) in [5, 5.41) is 2.98. The molecule has 1 saturated heterocycles. The maximum Gasteiger partial charge on any atom is 0.256 e. The average molecular weight is 288 g/mol. The summed E-state index contributed by atoms with van der Waals surface area (Å²) in [6, 6.07) is 1.65. The number of hydrogen-bond acceptors (Lipinski definition) is 3. The summed E-state index contributed by atoms with van der Waals surface area (Å²) in [7, 11) is 0. The number of nitrogens with one attached hydrogen (secondary N) is 1. The molecule has 2 heterocycles. The first-order valence-corrected chi connectivity index (χ1v) is 6.03. The highest BCUT2D eigenvalue weighted by Gasteiger charge is 2.30. The summed E-state index contributed by atoms with van der Waals surface area (Å²) in [5.74, 6) is -0.131. The normalized spacial score (nSPS) is 25.4. The van der Waals surface area contributed by atoms with Gasteiger partial charge in [0.1, 0.15) is 0 Å². The van der Waals surface area contributed by atoms with Gasteiger partial charge in [0.2, 0.25) is 0 Å². The van der Waals surface area contributed by atoms with Crippen LogP contribution in [0.15, 0.2) is 21.4 Å². The van der Waals surface area contributed by atoms with Crippen LogP contribution in [0.1, 0.15) is 30.1 Å². The molecule has 1 N–H and O–H groups in total. The predicted molar refractivity (Wildman–Crippen MR) is 62.3 cm³/mol. The number of halogens is 1. The Labute approximate surface area is 102 Å². The van der Waals surface area contributed by atoms with Gasteiger partial charge in [0.05, 0.1) is 24.0 Å². The SMILES string of the molecule is CC1(NC(=O)c2ccoc2Br)CCCOC1. The van der Waals surface area contributed by atoms with Crippen LogP contribution >= 0.6 is 15.9 Å². The second-order valence-electron chi connectivity index (χ2n) is 4.28. The molecule has 0 radical (unpaired) electrons. The lowest BCUT2D eigenvalue weighted by atomic mass is 9.94. The van der Waals surface area contributed by atoms with Crippen molar-refractivity contribution < 1.29 is 13.9 Å². The van der Waals surface area contributed by atoms with Crippen molar-refractivity contribution in [1.82, 2.24) is 5.32 Å². The number of rotatable bonds is 2. The summed E-state index contributed by atoms with van der Waals surface area (Å²) in [5.41, 5.74) is 0.248. The van der Waals surface area contributed by atoms with Gasteiger partial charge in [-0.25, -0.2) is 0 Å². The monoisotopic (exact) mass is 287 g/mol. The minimum atomic E-state index is -0.272. The van der Waals surface area contributed by atoms with E-state index in [1.807, 2.05) is 6.92 Å². The second-order valence-corrected chi connectivity index (χ2v) is 5.00. The topological polar surface area (TPSA) is 51.5 Å². The molecule has 1 aromatic rings. The molecule has 0 saturated carbocycles. The van der Waals surface area contributed by atoms with Crippen LogP contribution in [0.5, 0.6) is 0 Å². The standard InChI is InChI=1S/C11H14BrNO3/c1-11(4-2-5-15-7-11)13-10(14)8-3-6-16-9(8)12/h3,6H,2,4-5,7H2,1H3,(H,13,14). The Kier molecular flexibility index (Phi) is 3.35. The highest BCUT2D eigenvalue weighted by molar-refractivity contribution is 9.10.